The van der Waals surface area contributed by atoms with Gasteiger partial charge in [-0.2, -0.15) is 0 Å². The monoisotopic (exact) mass is 208 g/mol. The van der Waals surface area contributed by atoms with Gasteiger partial charge in [0.2, 0.25) is 0 Å². The van der Waals surface area contributed by atoms with E-state index in [1.807, 2.05) is 12.1 Å². The van der Waals surface area contributed by atoms with Crippen molar-refractivity contribution < 1.29 is 10.2 Å². The van der Waals surface area contributed by atoms with Crippen molar-refractivity contribution in [2.75, 3.05) is 0 Å². The molecule has 0 unspecified atom stereocenters. The molecule has 0 radical (unpaired) electrons. The molecule has 84 valence electrons. The first-order chi connectivity index (χ1) is 6.62. The molecule has 0 aromatic heterocycles. The molecule has 2 nitrogen and oxygen atoms in total. The zero-order chi connectivity index (χ0) is 11.9. The average molecular weight is 208 g/mol. The quantitative estimate of drug-likeness (QED) is 0.745. The van der Waals surface area contributed by atoms with Gasteiger partial charge < -0.3 is 10.2 Å². The van der Waals surface area contributed by atoms with Gasteiger partial charge in [-0.1, -0.05) is 26.8 Å². The van der Waals surface area contributed by atoms with Crippen LogP contribution in [0.25, 0.3) is 0 Å². The van der Waals surface area contributed by atoms with Crippen LogP contribution >= 0.6 is 0 Å². The van der Waals surface area contributed by atoms with E-state index in [0.29, 0.717) is 5.56 Å². The molecule has 2 N–H and O–H groups in total. The number of phenols is 1. The standard InChI is InChI=1S/C13H20O2/c1-12(2,3)9-6-7-11(14)10(8-9)13(4,5)15/h6-8,14-15H,1-5H3. The fourth-order valence-corrected chi connectivity index (χ4v) is 1.49. The van der Waals surface area contributed by atoms with E-state index in [1.165, 1.54) is 0 Å². The van der Waals surface area contributed by atoms with Gasteiger partial charge in [-0.25, -0.2) is 0 Å². The number of hydrogen-bond acceptors (Lipinski definition) is 2. The molecule has 2 heteroatoms. The molecule has 0 saturated heterocycles. The zero-order valence-electron chi connectivity index (χ0n) is 10.1. The fraction of sp³-hybridized carbons (Fsp3) is 0.538. The largest absolute Gasteiger partial charge is 0.508 e. The maximum atomic E-state index is 9.90. The Balaban J connectivity index is 3.30. The second-order valence-electron chi connectivity index (χ2n) is 5.54. The number of aliphatic hydroxyl groups is 1. The molecule has 0 heterocycles. The lowest BCUT2D eigenvalue weighted by Gasteiger charge is -2.24. The van der Waals surface area contributed by atoms with Crippen LogP contribution in [0.2, 0.25) is 0 Å². The Morgan fingerprint density at radius 2 is 1.53 bits per heavy atom. The van der Waals surface area contributed by atoms with Gasteiger partial charge in [0.1, 0.15) is 5.75 Å². The van der Waals surface area contributed by atoms with Crippen molar-refractivity contribution in [3.8, 4) is 5.75 Å². The van der Waals surface area contributed by atoms with E-state index in [1.54, 1.807) is 19.9 Å². The molecular formula is C13H20O2. The third-order valence-electron chi connectivity index (χ3n) is 2.52. The number of phenolic OH excluding ortho intramolecular Hbond substituents is 1. The minimum absolute atomic E-state index is 0.0215. The van der Waals surface area contributed by atoms with Crippen molar-refractivity contribution in [2.24, 2.45) is 0 Å². The summed E-state index contributed by atoms with van der Waals surface area (Å²) in [6.07, 6.45) is 0. The Bertz CT molecular complexity index is 354. The molecule has 0 bridgehead atoms. The van der Waals surface area contributed by atoms with Crippen molar-refractivity contribution in [1.82, 2.24) is 0 Å². The molecule has 0 aliphatic heterocycles. The van der Waals surface area contributed by atoms with E-state index in [4.69, 9.17) is 0 Å². The van der Waals surface area contributed by atoms with Gasteiger partial charge in [-0.05, 0) is 37.0 Å². The summed E-state index contributed by atoms with van der Waals surface area (Å²) in [5.74, 6) is 0.149. The zero-order valence-corrected chi connectivity index (χ0v) is 10.1. The van der Waals surface area contributed by atoms with Crippen molar-refractivity contribution >= 4 is 0 Å². The highest BCUT2D eigenvalue weighted by atomic mass is 16.3. The summed E-state index contributed by atoms with van der Waals surface area (Å²) in [6, 6.07) is 5.41. The molecule has 0 spiro atoms. The Morgan fingerprint density at radius 3 is 1.93 bits per heavy atom. The first-order valence-electron chi connectivity index (χ1n) is 5.19. The number of rotatable bonds is 1. The first-order valence-corrected chi connectivity index (χ1v) is 5.19. The lowest BCUT2D eigenvalue weighted by Crippen LogP contribution is -2.18. The van der Waals surface area contributed by atoms with Crippen LogP contribution in [0, 0.1) is 0 Å². The van der Waals surface area contributed by atoms with E-state index in [9.17, 15) is 10.2 Å². The topological polar surface area (TPSA) is 40.5 Å². The number of aromatic hydroxyl groups is 1. The number of hydrogen-bond donors (Lipinski definition) is 2. The molecule has 1 aromatic carbocycles. The van der Waals surface area contributed by atoms with E-state index >= 15 is 0 Å². The summed E-state index contributed by atoms with van der Waals surface area (Å²) in [6.45, 7) is 9.66. The van der Waals surface area contributed by atoms with Crippen LogP contribution in [-0.2, 0) is 11.0 Å². The molecular weight excluding hydrogens is 188 g/mol. The lowest BCUT2D eigenvalue weighted by atomic mass is 9.84. The van der Waals surface area contributed by atoms with Crippen LogP contribution in [-0.4, -0.2) is 10.2 Å². The van der Waals surface area contributed by atoms with Crippen LogP contribution in [0.4, 0.5) is 0 Å². The average Bonchev–Trinajstić information content (AvgIpc) is 2.00. The second-order valence-corrected chi connectivity index (χ2v) is 5.54. The predicted octanol–water partition coefficient (Wildman–Crippen LogP) is 2.92. The molecule has 1 rings (SSSR count). The van der Waals surface area contributed by atoms with Crippen LogP contribution in [0.1, 0.15) is 45.7 Å². The first kappa shape index (κ1) is 12.1. The van der Waals surface area contributed by atoms with Gasteiger partial charge in [0, 0.05) is 5.56 Å². The molecule has 15 heavy (non-hydrogen) atoms. The van der Waals surface area contributed by atoms with Crippen molar-refractivity contribution in [1.29, 1.82) is 0 Å². The molecule has 0 aliphatic carbocycles. The predicted molar refractivity (Wildman–Crippen MR) is 62.1 cm³/mol. The highest BCUT2D eigenvalue weighted by Crippen LogP contribution is 2.33. The smallest absolute Gasteiger partial charge is 0.121 e. The maximum Gasteiger partial charge on any atom is 0.121 e. The molecule has 0 aliphatic rings. The summed E-state index contributed by atoms with van der Waals surface area (Å²) >= 11 is 0. The summed E-state index contributed by atoms with van der Waals surface area (Å²) in [7, 11) is 0. The van der Waals surface area contributed by atoms with E-state index < -0.39 is 5.60 Å². The minimum atomic E-state index is -1.01. The summed E-state index contributed by atoms with van der Waals surface area (Å²) in [4.78, 5) is 0. The van der Waals surface area contributed by atoms with Crippen LogP contribution in [0.15, 0.2) is 18.2 Å². The normalized spacial score (nSPS) is 12.9. The molecule has 0 saturated carbocycles. The lowest BCUT2D eigenvalue weighted by molar-refractivity contribution is 0.0757. The molecule has 0 fully saturated rings. The van der Waals surface area contributed by atoms with Gasteiger partial charge in [0.05, 0.1) is 5.60 Å². The Hall–Kier alpha value is -1.02. The van der Waals surface area contributed by atoms with Crippen LogP contribution in [0.3, 0.4) is 0 Å². The van der Waals surface area contributed by atoms with Gasteiger partial charge in [-0.3, -0.25) is 0 Å². The Labute approximate surface area is 91.6 Å². The van der Waals surface area contributed by atoms with Crippen LogP contribution < -0.4 is 0 Å². The summed E-state index contributed by atoms with van der Waals surface area (Å²) in [5, 5.41) is 19.6. The van der Waals surface area contributed by atoms with Gasteiger partial charge in [0.25, 0.3) is 0 Å². The Morgan fingerprint density at radius 1 is 1.00 bits per heavy atom. The van der Waals surface area contributed by atoms with Gasteiger partial charge in [0.15, 0.2) is 0 Å². The molecule has 0 amide bonds. The van der Waals surface area contributed by atoms with Crippen molar-refractivity contribution in [3.63, 3.8) is 0 Å². The van der Waals surface area contributed by atoms with Gasteiger partial charge in [-0.15, -0.1) is 0 Å². The third-order valence-corrected chi connectivity index (χ3v) is 2.52. The summed E-state index contributed by atoms with van der Waals surface area (Å²) < 4.78 is 0. The Kier molecular flexibility index (Phi) is 2.83. The maximum absolute atomic E-state index is 9.90. The van der Waals surface area contributed by atoms with E-state index in [2.05, 4.69) is 20.8 Å². The minimum Gasteiger partial charge on any atom is -0.508 e. The van der Waals surface area contributed by atoms with Gasteiger partial charge >= 0.3 is 0 Å². The third kappa shape index (κ3) is 2.72. The van der Waals surface area contributed by atoms with E-state index in [-0.39, 0.29) is 11.2 Å². The molecule has 0 atom stereocenters. The second kappa shape index (κ2) is 3.53. The SMILES string of the molecule is CC(C)(C)c1ccc(O)c(C(C)(C)O)c1. The van der Waals surface area contributed by atoms with Crippen LogP contribution in [0.5, 0.6) is 5.75 Å². The summed E-state index contributed by atoms with van der Waals surface area (Å²) in [5.41, 5.74) is 0.700. The highest BCUT2D eigenvalue weighted by Gasteiger charge is 2.23. The van der Waals surface area contributed by atoms with Crippen molar-refractivity contribution in [2.45, 2.75) is 45.6 Å². The fourth-order valence-electron chi connectivity index (χ4n) is 1.49. The highest BCUT2D eigenvalue weighted by molar-refractivity contribution is 5.41. The number of benzene rings is 1. The van der Waals surface area contributed by atoms with E-state index in [0.717, 1.165) is 5.56 Å². The molecule has 1 aromatic rings. The van der Waals surface area contributed by atoms with Crippen molar-refractivity contribution in [3.05, 3.63) is 29.3 Å².